The van der Waals surface area contributed by atoms with E-state index in [9.17, 15) is 5.11 Å². The van der Waals surface area contributed by atoms with Gasteiger partial charge in [0.1, 0.15) is 0 Å². The van der Waals surface area contributed by atoms with Gasteiger partial charge in [0.15, 0.2) is 0 Å². The zero-order chi connectivity index (χ0) is 16.7. The van der Waals surface area contributed by atoms with E-state index in [-0.39, 0.29) is 15.0 Å². The quantitative estimate of drug-likeness (QED) is 0.629. The van der Waals surface area contributed by atoms with E-state index in [1.54, 1.807) is 0 Å². The Morgan fingerprint density at radius 3 is 2.39 bits per heavy atom. The van der Waals surface area contributed by atoms with Crippen molar-refractivity contribution in [3.05, 3.63) is 60.2 Å². The first kappa shape index (κ1) is 17.8. The molecule has 1 N–H and O–H groups in total. The van der Waals surface area contributed by atoms with Crippen LogP contribution < -0.4 is 9.20 Å². The van der Waals surface area contributed by atoms with Gasteiger partial charge in [0, 0.05) is 0 Å². The van der Waals surface area contributed by atoms with Crippen LogP contribution in [0.15, 0.2) is 54.6 Å². The summed E-state index contributed by atoms with van der Waals surface area (Å²) in [5, 5.41) is 10.4. The Morgan fingerprint density at radius 1 is 1.04 bits per heavy atom. The first-order valence-corrected chi connectivity index (χ1v) is 13.1. The molecule has 0 saturated carbocycles. The van der Waals surface area contributed by atoms with E-state index in [0.29, 0.717) is 5.51 Å². The minimum absolute atomic E-state index is 0.253. The molecule has 2 nitrogen and oxygen atoms in total. The van der Waals surface area contributed by atoms with Crippen molar-refractivity contribution in [3.63, 3.8) is 0 Å². The molecule has 0 amide bonds. The summed E-state index contributed by atoms with van der Waals surface area (Å²) in [4.78, 5) is 0. The van der Waals surface area contributed by atoms with E-state index in [2.05, 4.69) is 43.2 Å². The van der Waals surface area contributed by atoms with E-state index < -0.39 is 14.2 Å². The Labute approximate surface area is 146 Å². The van der Waals surface area contributed by atoms with Gasteiger partial charge in [-0.05, 0) is 0 Å². The zero-order valence-corrected chi connectivity index (χ0v) is 16.5. The van der Waals surface area contributed by atoms with Crippen molar-refractivity contribution in [3.8, 4) is 17.2 Å². The van der Waals surface area contributed by atoms with E-state index in [1.807, 2.05) is 42.5 Å². The third kappa shape index (κ3) is 6.25. The van der Waals surface area contributed by atoms with Crippen molar-refractivity contribution >= 4 is 27.5 Å². The summed E-state index contributed by atoms with van der Waals surface area (Å²) in [7, 11) is -1.50. The van der Waals surface area contributed by atoms with Crippen molar-refractivity contribution in [1.29, 1.82) is 0 Å². The molecule has 0 aliphatic heterocycles. The van der Waals surface area contributed by atoms with Crippen LogP contribution in [-0.2, 0) is 0 Å². The molecule has 23 heavy (non-hydrogen) atoms. The number of benzene rings is 2. The van der Waals surface area contributed by atoms with Crippen LogP contribution in [0.1, 0.15) is 11.7 Å². The molecule has 0 aliphatic rings. The fourth-order valence-electron chi connectivity index (χ4n) is 1.88. The zero-order valence-electron chi connectivity index (χ0n) is 13.7. The molecule has 0 saturated heterocycles. The maximum absolute atomic E-state index is 10.4. The van der Waals surface area contributed by atoms with Gasteiger partial charge in [0.2, 0.25) is 0 Å². The molecule has 0 heterocycles. The minimum atomic E-state index is -1.50. The summed E-state index contributed by atoms with van der Waals surface area (Å²) in [5.41, 5.74) is 4.61. The first-order valence-electron chi connectivity index (χ1n) is 7.56. The molecule has 2 aromatic rings. The molecule has 4 heteroatoms. The van der Waals surface area contributed by atoms with Crippen LogP contribution in [0, 0.1) is 11.5 Å². The Kier molecular flexibility index (Phi) is 6.50. The molecule has 0 fully saturated rings. The standard InChI is InChI=1S/C19H22O2SeSi/c1-23(2,3)14-13-18(20)17-11-7-8-12-19(17)21-15-22-16-9-5-4-6-10-16/h4-12,18,20H,15H2,1-3H3. The topological polar surface area (TPSA) is 29.5 Å². The third-order valence-corrected chi connectivity index (χ3v) is 5.64. The molecule has 2 rings (SSSR count). The number of aliphatic hydroxyl groups is 1. The predicted molar refractivity (Wildman–Crippen MR) is 99.8 cm³/mol. The molecule has 2 aromatic carbocycles. The Morgan fingerprint density at radius 2 is 1.70 bits per heavy atom. The van der Waals surface area contributed by atoms with E-state index in [4.69, 9.17) is 4.74 Å². The van der Waals surface area contributed by atoms with Crippen LogP contribution in [0.3, 0.4) is 0 Å². The van der Waals surface area contributed by atoms with Crippen molar-refractivity contribution in [2.24, 2.45) is 0 Å². The van der Waals surface area contributed by atoms with Crippen LogP contribution >= 0.6 is 0 Å². The van der Waals surface area contributed by atoms with Gasteiger partial charge < -0.3 is 0 Å². The van der Waals surface area contributed by atoms with Crippen LogP contribution in [0.25, 0.3) is 0 Å². The van der Waals surface area contributed by atoms with Gasteiger partial charge in [-0.15, -0.1) is 0 Å². The van der Waals surface area contributed by atoms with Crippen LogP contribution in [0.5, 0.6) is 5.75 Å². The second kappa shape index (κ2) is 8.38. The first-order chi connectivity index (χ1) is 11.0. The van der Waals surface area contributed by atoms with Crippen LogP contribution in [-0.4, -0.2) is 33.6 Å². The average molecular weight is 389 g/mol. The molecule has 0 bridgehead atoms. The van der Waals surface area contributed by atoms with Gasteiger partial charge in [-0.3, -0.25) is 0 Å². The van der Waals surface area contributed by atoms with Gasteiger partial charge in [0.05, 0.1) is 0 Å². The average Bonchev–Trinajstić information content (AvgIpc) is 2.53. The number of aliphatic hydroxyl groups excluding tert-OH is 1. The van der Waals surface area contributed by atoms with Crippen molar-refractivity contribution in [2.75, 3.05) is 5.51 Å². The van der Waals surface area contributed by atoms with E-state index >= 15 is 0 Å². The molecule has 0 aliphatic carbocycles. The monoisotopic (exact) mass is 390 g/mol. The number of ether oxygens (including phenoxy) is 1. The Hall–Kier alpha value is -1.50. The Bertz CT molecular complexity index is 684. The van der Waals surface area contributed by atoms with E-state index in [1.165, 1.54) is 4.46 Å². The fourth-order valence-corrected chi connectivity index (χ4v) is 3.86. The summed E-state index contributed by atoms with van der Waals surface area (Å²) in [5.74, 6) is 3.70. The molecule has 120 valence electrons. The fraction of sp³-hybridized carbons (Fsp3) is 0.263. The molecule has 0 spiro atoms. The third-order valence-electron chi connectivity index (χ3n) is 2.98. The molecular formula is C19H22O2SeSi. The summed E-state index contributed by atoms with van der Waals surface area (Å²) in [6.07, 6.45) is -0.790. The second-order valence-electron chi connectivity index (χ2n) is 6.18. The number of hydrogen-bond donors (Lipinski definition) is 1. The number of hydrogen-bond acceptors (Lipinski definition) is 2. The SMILES string of the molecule is C[Si](C)(C)C#CC(O)c1ccccc1OC[Se]c1ccccc1. The maximum atomic E-state index is 10.4. The predicted octanol–water partition coefficient (Wildman–Crippen LogP) is 2.97. The number of rotatable bonds is 5. The molecular weight excluding hydrogens is 367 g/mol. The molecule has 1 atom stereocenters. The summed E-state index contributed by atoms with van der Waals surface area (Å²) in [6, 6.07) is 17.9. The molecule has 1 unspecified atom stereocenters. The van der Waals surface area contributed by atoms with Crippen LogP contribution in [0.2, 0.25) is 19.6 Å². The number of para-hydroxylation sites is 1. The summed E-state index contributed by atoms with van der Waals surface area (Å²) >= 11 is 0.253. The van der Waals surface area contributed by atoms with Crippen LogP contribution in [0.4, 0.5) is 0 Å². The normalized spacial score (nSPS) is 12.2. The summed E-state index contributed by atoms with van der Waals surface area (Å²) in [6.45, 7) is 6.49. The van der Waals surface area contributed by atoms with E-state index in [0.717, 1.165) is 11.3 Å². The molecule has 0 aromatic heterocycles. The van der Waals surface area contributed by atoms with Gasteiger partial charge >= 0.3 is 146 Å². The van der Waals surface area contributed by atoms with Crippen molar-refractivity contribution < 1.29 is 9.84 Å². The second-order valence-corrected chi connectivity index (χ2v) is 13.0. The van der Waals surface area contributed by atoms with Crippen molar-refractivity contribution in [1.82, 2.24) is 0 Å². The molecule has 0 radical (unpaired) electrons. The van der Waals surface area contributed by atoms with Gasteiger partial charge in [-0.2, -0.15) is 0 Å². The van der Waals surface area contributed by atoms with Gasteiger partial charge in [-0.1, -0.05) is 0 Å². The van der Waals surface area contributed by atoms with Gasteiger partial charge in [-0.25, -0.2) is 0 Å². The Balaban J connectivity index is 2.03. The van der Waals surface area contributed by atoms with Crippen molar-refractivity contribution in [2.45, 2.75) is 25.7 Å². The van der Waals surface area contributed by atoms with Gasteiger partial charge in [0.25, 0.3) is 0 Å². The summed E-state index contributed by atoms with van der Waals surface area (Å²) < 4.78 is 7.21.